The first-order valence-corrected chi connectivity index (χ1v) is 11.3. The summed E-state index contributed by atoms with van der Waals surface area (Å²) in [5.41, 5.74) is -7.37. The Morgan fingerprint density at radius 3 is 2.27 bits per heavy atom. The summed E-state index contributed by atoms with van der Waals surface area (Å²) in [6.45, 7) is 17.0. The predicted molar refractivity (Wildman–Crippen MR) is 119 cm³/mol. The number of hydrogen-bond donors (Lipinski definition) is 2. The van der Waals surface area contributed by atoms with Crippen LogP contribution in [0.3, 0.4) is 0 Å². The molecule has 3 aliphatic rings. The third-order valence-corrected chi connectivity index (χ3v) is 8.41. The molecule has 0 unspecified atom stereocenters. The van der Waals surface area contributed by atoms with Crippen molar-refractivity contribution in [3.05, 3.63) is 25.3 Å². The molecule has 3 fully saturated rings. The highest BCUT2D eigenvalue weighted by Crippen LogP contribution is 2.67. The summed E-state index contributed by atoms with van der Waals surface area (Å²) >= 11 is 0. The highest BCUT2D eigenvalue weighted by Gasteiger charge is 2.82. The number of ketones is 1. The molecule has 0 amide bonds. The SMILES string of the molecule is C=CC(=O)O[C@H]1[C@H]2C(C)(C)CC[C@H](O)[C@]2(C)[C@@]2(O)C(=O)C[C@](C)(C=C)O[C@]2(C)[C@H]1OC(C)=O. The van der Waals surface area contributed by atoms with Crippen molar-refractivity contribution < 1.29 is 38.8 Å². The van der Waals surface area contributed by atoms with Gasteiger partial charge >= 0.3 is 11.9 Å². The fourth-order valence-corrected chi connectivity index (χ4v) is 6.92. The molecule has 2 aliphatic carbocycles. The number of carbonyl (C=O) groups is 3. The molecule has 0 radical (unpaired) electrons. The van der Waals surface area contributed by atoms with E-state index in [2.05, 4.69) is 13.2 Å². The third-order valence-electron chi connectivity index (χ3n) is 8.41. The number of ether oxygens (including phenoxy) is 3. The molecular formula is C25H36O8. The van der Waals surface area contributed by atoms with Crippen molar-refractivity contribution in [1.29, 1.82) is 0 Å². The monoisotopic (exact) mass is 464 g/mol. The second kappa shape index (κ2) is 7.75. The number of esters is 2. The largest absolute Gasteiger partial charge is 0.455 e. The summed E-state index contributed by atoms with van der Waals surface area (Å²) in [7, 11) is 0. The van der Waals surface area contributed by atoms with Crippen LogP contribution >= 0.6 is 0 Å². The molecule has 0 spiro atoms. The Morgan fingerprint density at radius 2 is 1.76 bits per heavy atom. The lowest BCUT2D eigenvalue weighted by atomic mass is 9.39. The van der Waals surface area contributed by atoms with Crippen molar-refractivity contribution in [2.24, 2.45) is 16.7 Å². The van der Waals surface area contributed by atoms with E-state index in [1.54, 1.807) is 13.8 Å². The molecule has 1 saturated heterocycles. The van der Waals surface area contributed by atoms with Gasteiger partial charge in [-0.3, -0.25) is 9.59 Å². The summed E-state index contributed by atoms with van der Waals surface area (Å²) in [6.07, 6.45) is -0.431. The number of carbonyl (C=O) groups excluding carboxylic acids is 3. The van der Waals surface area contributed by atoms with E-state index in [0.29, 0.717) is 12.8 Å². The first-order chi connectivity index (χ1) is 15.0. The van der Waals surface area contributed by atoms with Crippen LogP contribution in [0.5, 0.6) is 0 Å². The zero-order valence-electron chi connectivity index (χ0n) is 20.3. The normalized spacial score (nSPS) is 46.4. The minimum absolute atomic E-state index is 0.179. The van der Waals surface area contributed by atoms with E-state index in [-0.39, 0.29) is 6.42 Å². The Labute approximate surface area is 195 Å². The lowest BCUT2D eigenvalue weighted by Gasteiger charge is -2.71. The highest BCUT2D eigenvalue weighted by atomic mass is 16.6. The fraction of sp³-hybridized carbons (Fsp3) is 0.720. The van der Waals surface area contributed by atoms with Crippen LogP contribution in [0.15, 0.2) is 25.3 Å². The minimum Gasteiger partial charge on any atom is -0.455 e. The van der Waals surface area contributed by atoms with Gasteiger partial charge in [-0.25, -0.2) is 4.79 Å². The second-order valence-corrected chi connectivity index (χ2v) is 11.0. The quantitative estimate of drug-likeness (QED) is 0.369. The van der Waals surface area contributed by atoms with Gasteiger partial charge < -0.3 is 24.4 Å². The first-order valence-electron chi connectivity index (χ1n) is 11.3. The van der Waals surface area contributed by atoms with Gasteiger partial charge in [0.15, 0.2) is 17.5 Å². The molecule has 8 heteroatoms. The van der Waals surface area contributed by atoms with Gasteiger partial charge in [-0.2, -0.15) is 0 Å². The van der Waals surface area contributed by atoms with Gasteiger partial charge in [-0.05, 0) is 32.1 Å². The maximum atomic E-state index is 13.8. The topological polar surface area (TPSA) is 119 Å². The van der Waals surface area contributed by atoms with Crippen LogP contribution in [0.2, 0.25) is 0 Å². The number of aliphatic hydroxyl groups excluding tert-OH is 1. The maximum Gasteiger partial charge on any atom is 0.330 e. The Balaban J connectivity index is 2.39. The molecule has 184 valence electrons. The fourth-order valence-electron chi connectivity index (χ4n) is 6.92. The molecule has 1 heterocycles. The molecule has 3 rings (SSSR count). The van der Waals surface area contributed by atoms with Gasteiger partial charge in [0.25, 0.3) is 0 Å². The van der Waals surface area contributed by atoms with Crippen LogP contribution in [0.4, 0.5) is 0 Å². The number of fused-ring (bicyclic) bond motifs is 3. The van der Waals surface area contributed by atoms with Crippen LogP contribution in [-0.2, 0) is 28.6 Å². The van der Waals surface area contributed by atoms with Gasteiger partial charge in [-0.1, -0.05) is 33.4 Å². The van der Waals surface area contributed by atoms with E-state index >= 15 is 0 Å². The molecule has 1 aliphatic heterocycles. The lowest BCUT2D eigenvalue weighted by Crippen LogP contribution is -2.87. The Bertz CT molecular complexity index is 895. The molecule has 2 saturated carbocycles. The molecule has 8 atom stereocenters. The number of aliphatic hydroxyl groups is 2. The van der Waals surface area contributed by atoms with Crippen molar-refractivity contribution >= 4 is 17.7 Å². The van der Waals surface area contributed by atoms with Crippen molar-refractivity contribution in [2.75, 3.05) is 0 Å². The van der Waals surface area contributed by atoms with Crippen molar-refractivity contribution in [3.8, 4) is 0 Å². The standard InChI is InChI=1S/C25H36O8/c1-9-17(29)32-18-19-21(4,5)12-11-15(27)23(19,7)25(30)16(28)13-22(6,10-2)33-24(25,8)20(18)31-14(3)26/h9-10,15,18-20,27,30H,1-2,11-13H2,3-8H3/t15-,18-,19-,20-,22-,23-,24+,25-/m0/s1. The van der Waals surface area contributed by atoms with Gasteiger partial charge in [0, 0.05) is 30.8 Å². The lowest BCUT2D eigenvalue weighted by molar-refractivity contribution is -0.370. The average molecular weight is 465 g/mol. The van der Waals surface area contributed by atoms with Crippen LogP contribution in [0.25, 0.3) is 0 Å². The molecule has 33 heavy (non-hydrogen) atoms. The van der Waals surface area contributed by atoms with E-state index in [1.807, 2.05) is 13.8 Å². The van der Waals surface area contributed by atoms with E-state index in [1.165, 1.54) is 19.9 Å². The summed E-state index contributed by atoms with van der Waals surface area (Å²) in [5, 5.41) is 23.7. The summed E-state index contributed by atoms with van der Waals surface area (Å²) in [5.74, 6) is -2.74. The van der Waals surface area contributed by atoms with Gasteiger partial charge in [-0.15, -0.1) is 6.58 Å². The third kappa shape index (κ3) is 3.33. The Morgan fingerprint density at radius 1 is 1.15 bits per heavy atom. The number of hydrogen-bond acceptors (Lipinski definition) is 8. The van der Waals surface area contributed by atoms with Crippen molar-refractivity contribution in [1.82, 2.24) is 0 Å². The average Bonchev–Trinajstić information content (AvgIpc) is 2.71. The first kappa shape index (κ1) is 25.6. The van der Waals surface area contributed by atoms with Gasteiger partial charge in [0.2, 0.25) is 0 Å². The van der Waals surface area contributed by atoms with Gasteiger partial charge in [0.1, 0.15) is 11.7 Å². The van der Waals surface area contributed by atoms with Crippen LogP contribution < -0.4 is 0 Å². The molecule has 0 bridgehead atoms. The van der Waals surface area contributed by atoms with E-state index in [0.717, 1.165) is 6.08 Å². The molecule has 0 aromatic heterocycles. The molecular weight excluding hydrogens is 428 g/mol. The maximum absolute atomic E-state index is 13.8. The van der Waals surface area contributed by atoms with Gasteiger partial charge in [0.05, 0.1) is 11.7 Å². The van der Waals surface area contributed by atoms with Crippen LogP contribution in [-0.4, -0.2) is 63.0 Å². The minimum atomic E-state index is -2.25. The Kier molecular flexibility index (Phi) is 6.01. The van der Waals surface area contributed by atoms with E-state index in [4.69, 9.17) is 14.2 Å². The number of rotatable bonds is 4. The smallest absolute Gasteiger partial charge is 0.330 e. The van der Waals surface area contributed by atoms with E-state index < -0.39 is 69.6 Å². The van der Waals surface area contributed by atoms with E-state index in [9.17, 15) is 24.6 Å². The molecule has 0 aromatic rings. The zero-order valence-corrected chi connectivity index (χ0v) is 20.3. The molecule has 2 N–H and O–H groups in total. The van der Waals surface area contributed by atoms with Crippen LogP contribution in [0.1, 0.15) is 60.8 Å². The van der Waals surface area contributed by atoms with Crippen LogP contribution in [0, 0.1) is 16.7 Å². The molecule has 0 aromatic carbocycles. The summed E-state index contributed by atoms with van der Waals surface area (Å²) in [6, 6.07) is 0. The van der Waals surface area contributed by atoms with Crippen molar-refractivity contribution in [3.63, 3.8) is 0 Å². The number of Topliss-reactive ketones (excluding diaryl/α,β-unsaturated/α-hetero) is 1. The second-order valence-electron chi connectivity index (χ2n) is 11.0. The molecule has 8 nitrogen and oxygen atoms in total. The Hall–Kier alpha value is -2.03. The summed E-state index contributed by atoms with van der Waals surface area (Å²) < 4.78 is 17.9. The zero-order chi connectivity index (χ0) is 25.2. The summed E-state index contributed by atoms with van der Waals surface area (Å²) in [4.78, 5) is 38.5. The van der Waals surface area contributed by atoms with Crippen molar-refractivity contribution in [2.45, 2.75) is 95.9 Å². The predicted octanol–water partition coefficient (Wildman–Crippen LogP) is 2.26. The highest BCUT2D eigenvalue weighted by molar-refractivity contribution is 5.92.